The van der Waals surface area contributed by atoms with Gasteiger partial charge < -0.3 is 10.0 Å². The molecule has 1 saturated heterocycles. The van der Waals surface area contributed by atoms with E-state index in [-0.39, 0.29) is 12.0 Å². The zero-order valence-corrected chi connectivity index (χ0v) is 12.9. The minimum Gasteiger partial charge on any atom is -0.393 e. The molecule has 21 heavy (non-hydrogen) atoms. The van der Waals surface area contributed by atoms with Crippen molar-refractivity contribution in [3.8, 4) is 10.6 Å². The Bertz CT molecular complexity index is 651. The van der Waals surface area contributed by atoms with Crippen LogP contribution in [0.25, 0.3) is 10.6 Å². The fraction of sp³-hybridized carbons (Fsp3) is 0.333. The second kappa shape index (κ2) is 6.13. The van der Waals surface area contributed by atoms with Crippen LogP contribution in [0, 0.1) is 0 Å². The molecule has 110 valence electrons. The molecule has 1 aromatic carbocycles. The monoisotopic (exact) mass is 322 g/mol. The number of piperidine rings is 1. The Hall–Kier alpha value is -1.43. The van der Waals surface area contributed by atoms with Crippen molar-refractivity contribution in [3.05, 3.63) is 40.4 Å². The first-order valence-electron chi connectivity index (χ1n) is 6.82. The van der Waals surface area contributed by atoms with E-state index in [1.165, 1.54) is 11.3 Å². The molecule has 1 amide bonds. The molecule has 0 aliphatic carbocycles. The van der Waals surface area contributed by atoms with E-state index in [2.05, 4.69) is 4.98 Å². The van der Waals surface area contributed by atoms with Crippen LogP contribution in [0.15, 0.2) is 29.6 Å². The molecule has 6 heteroatoms. The van der Waals surface area contributed by atoms with Crippen molar-refractivity contribution in [2.75, 3.05) is 13.1 Å². The highest BCUT2D eigenvalue weighted by Crippen LogP contribution is 2.26. The molecule has 0 saturated carbocycles. The minimum atomic E-state index is -0.286. The van der Waals surface area contributed by atoms with E-state index in [1.807, 2.05) is 24.3 Å². The SMILES string of the molecule is O=C(c1csc(-c2cccc(Cl)c2)n1)N1CCC(O)CC1. The Morgan fingerprint density at radius 3 is 2.86 bits per heavy atom. The van der Waals surface area contributed by atoms with Crippen LogP contribution in [-0.4, -0.2) is 40.1 Å². The van der Waals surface area contributed by atoms with Crippen molar-refractivity contribution in [2.24, 2.45) is 0 Å². The fourth-order valence-electron chi connectivity index (χ4n) is 2.36. The number of carbonyl (C=O) groups is 1. The summed E-state index contributed by atoms with van der Waals surface area (Å²) in [5, 5.41) is 12.7. The van der Waals surface area contributed by atoms with Crippen LogP contribution in [-0.2, 0) is 0 Å². The Morgan fingerprint density at radius 1 is 1.38 bits per heavy atom. The summed E-state index contributed by atoms with van der Waals surface area (Å²) in [5.74, 6) is -0.0635. The number of rotatable bonds is 2. The van der Waals surface area contributed by atoms with Gasteiger partial charge in [-0.2, -0.15) is 0 Å². The Labute approximate surface area is 132 Å². The van der Waals surface area contributed by atoms with Gasteiger partial charge in [0.15, 0.2) is 0 Å². The van der Waals surface area contributed by atoms with E-state index in [9.17, 15) is 9.90 Å². The standard InChI is InChI=1S/C15H15ClN2O2S/c16-11-3-1-2-10(8-11)14-17-13(9-21-14)15(20)18-6-4-12(19)5-7-18/h1-3,8-9,12,19H,4-7H2. The Kier molecular flexibility index (Phi) is 4.24. The highest BCUT2D eigenvalue weighted by Gasteiger charge is 2.24. The lowest BCUT2D eigenvalue weighted by molar-refractivity contribution is 0.0542. The molecule has 1 aromatic heterocycles. The van der Waals surface area contributed by atoms with Gasteiger partial charge in [0, 0.05) is 29.1 Å². The number of aliphatic hydroxyl groups is 1. The van der Waals surface area contributed by atoms with E-state index in [1.54, 1.807) is 10.3 Å². The molecule has 0 spiro atoms. The van der Waals surface area contributed by atoms with Crippen molar-refractivity contribution in [3.63, 3.8) is 0 Å². The van der Waals surface area contributed by atoms with Gasteiger partial charge in [0.05, 0.1) is 6.10 Å². The van der Waals surface area contributed by atoms with Crippen molar-refractivity contribution in [1.82, 2.24) is 9.88 Å². The lowest BCUT2D eigenvalue weighted by atomic mass is 10.1. The summed E-state index contributed by atoms with van der Waals surface area (Å²) in [6, 6.07) is 7.44. The molecule has 2 heterocycles. The van der Waals surface area contributed by atoms with E-state index < -0.39 is 0 Å². The second-order valence-electron chi connectivity index (χ2n) is 5.07. The van der Waals surface area contributed by atoms with Gasteiger partial charge in [0.1, 0.15) is 10.7 Å². The normalized spacial score (nSPS) is 16.2. The summed E-state index contributed by atoms with van der Waals surface area (Å²) in [7, 11) is 0. The number of hydrogen-bond donors (Lipinski definition) is 1. The van der Waals surface area contributed by atoms with Crippen LogP contribution in [0.4, 0.5) is 0 Å². The van der Waals surface area contributed by atoms with Crippen LogP contribution >= 0.6 is 22.9 Å². The first-order valence-corrected chi connectivity index (χ1v) is 8.08. The maximum atomic E-state index is 12.4. The van der Waals surface area contributed by atoms with E-state index in [4.69, 9.17) is 11.6 Å². The summed E-state index contributed by atoms with van der Waals surface area (Å²) in [4.78, 5) is 18.6. The number of likely N-dealkylation sites (tertiary alicyclic amines) is 1. The van der Waals surface area contributed by atoms with Gasteiger partial charge in [0.2, 0.25) is 0 Å². The predicted molar refractivity (Wildman–Crippen MR) is 83.7 cm³/mol. The Balaban J connectivity index is 1.77. The number of thiazole rings is 1. The number of aromatic nitrogens is 1. The summed E-state index contributed by atoms with van der Waals surface area (Å²) < 4.78 is 0. The number of nitrogens with zero attached hydrogens (tertiary/aromatic N) is 2. The summed E-state index contributed by atoms with van der Waals surface area (Å²) in [6.45, 7) is 1.17. The molecule has 4 nitrogen and oxygen atoms in total. The highest BCUT2D eigenvalue weighted by atomic mass is 35.5. The average molecular weight is 323 g/mol. The molecule has 2 aromatic rings. The van der Waals surface area contributed by atoms with Crippen LogP contribution in [0.5, 0.6) is 0 Å². The van der Waals surface area contributed by atoms with Gasteiger partial charge in [-0.1, -0.05) is 23.7 Å². The van der Waals surface area contributed by atoms with Crippen LogP contribution in [0.2, 0.25) is 5.02 Å². The van der Waals surface area contributed by atoms with Gasteiger partial charge in [-0.3, -0.25) is 4.79 Å². The smallest absolute Gasteiger partial charge is 0.273 e. The topological polar surface area (TPSA) is 53.4 Å². The molecular weight excluding hydrogens is 308 g/mol. The number of halogens is 1. The first-order chi connectivity index (χ1) is 10.1. The minimum absolute atomic E-state index is 0.0635. The molecule has 1 aliphatic heterocycles. The lowest BCUT2D eigenvalue weighted by Crippen LogP contribution is -2.40. The number of carbonyl (C=O) groups excluding carboxylic acids is 1. The first kappa shape index (κ1) is 14.5. The third kappa shape index (κ3) is 3.26. The van der Waals surface area contributed by atoms with Crippen LogP contribution in [0.3, 0.4) is 0 Å². The van der Waals surface area contributed by atoms with Gasteiger partial charge in [-0.05, 0) is 25.0 Å². The highest BCUT2D eigenvalue weighted by molar-refractivity contribution is 7.13. The molecule has 1 aliphatic rings. The van der Waals surface area contributed by atoms with Gasteiger partial charge in [-0.15, -0.1) is 11.3 Å². The van der Waals surface area contributed by atoms with E-state index in [0.29, 0.717) is 36.6 Å². The van der Waals surface area contributed by atoms with Crippen LogP contribution < -0.4 is 0 Å². The van der Waals surface area contributed by atoms with Gasteiger partial charge in [0.25, 0.3) is 5.91 Å². The lowest BCUT2D eigenvalue weighted by Gasteiger charge is -2.28. The van der Waals surface area contributed by atoms with Gasteiger partial charge >= 0.3 is 0 Å². The van der Waals surface area contributed by atoms with Crippen LogP contribution in [0.1, 0.15) is 23.3 Å². The number of aliphatic hydroxyl groups excluding tert-OH is 1. The maximum Gasteiger partial charge on any atom is 0.273 e. The van der Waals surface area contributed by atoms with Crippen molar-refractivity contribution in [1.29, 1.82) is 0 Å². The molecule has 0 atom stereocenters. The molecule has 1 fully saturated rings. The summed E-state index contributed by atoms with van der Waals surface area (Å²) >= 11 is 7.42. The second-order valence-corrected chi connectivity index (χ2v) is 6.37. The predicted octanol–water partition coefficient (Wildman–Crippen LogP) is 3.06. The van der Waals surface area contributed by atoms with Crippen molar-refractivity contribution < 1.29 is 9.90 Å². The number of amides is 1. The molecular formula is C15H15ClN2O2S. The zero-order chi connectivity index (χ0) is 14.8. The van der Waals surface area contributed by atoms with Crippen molar-refractivity contribution >= 4 is 28.8 Å². The number of benzene rings is 1. The molecule has 0 unspecified atom stereocenters. The van der Waals surface area contributed by atoms with Crippen molar-refractivity contribution in [2.45, 2.75) is 18.9 Å². The molecule has 0 bridgehead atoms. The Morgan fingerprint density at radius 2 is 2.14 bits per heavy atom. The third-order valence-electron chi connectivity index (χ3n) is 3.55. The van der Waals surface area contributed by atoms with Gasteiger partial charge in [-0.25, -0.2) is 4.98 Å². The summed E-state index contributed by atoms with van der Waals surface area (Å²) in [5.41, 5.74) is 1.38. The fourth-order valence-corrected chi connectivity index (χ4v) is 3.34. The maximum absolute atomic E-state index is 12.4. The quantitative estimate of drug-likeness (QED) is 0.924. The molecule has 0 radical (unpaired) electrons. The zero-order valence-electron chi connectivity index (χ0n) is 11.3. The average Bonchev–Trinajstić information content (AvgIpc) is 2.97. The summed E-state index contributed by atoms with van der Waals surface area (Å²) in [6.07, 6.45) is 0.986. The van der Waals surface area contributed by atoms with E-state index in [0.717, 1.165) is 10.6 Å². The third-order valence-corrected chi connectivity index (χ3v) is 4.67. The molecule has 1 N–H and O–H groups in total. The largest absolute Gasteiger partial charge is 0.393 e. The number of hydrogen-bond acceptors (Lipinski definition) is 4. The van der Waals surface area contributed by atoms with E-state index >= 15 is 0 Å². The molecule has 3 rings (SSSR count).